The van der Waals surface area contributed by atoms with Crippen LogP contribution in [0.3, 0.4) is 0 Å². The molecule has 1 aromatic rings. The molecule has 1 atom stereocenters. The number of nitrogens with two attached hydrogens (primary N) is 1. The van der Waals surface area contributed by atoms with E-state index in [1.807, 2.05) is 0 Å². The van der Waals surface area contributed by atoms with Crippen LogP contribution in [0.2, 0.25) is 0 Å². The number of H-pyrrole nitrogens is 1. The minimum absolute atomic E-state index is 0.129. The molecule has 5 nitrogen and oxygen atoms in total. The Labute approximate surface area is 115 Å². The van der Waals surface area contributed by atoms with E-state index in [1.165, 1.54) is 0 Å². The first-order valence-electron chi connectivity index (χ1n) is 7.21. The van der Waals surface area contributed by atoms with Crippen molar-refractivity contribution in [1.29, 1.82) is 0 Å². The summed E-state index contributed by atoms with van der Waals surface area (Å²) in [6.07, 6.45) is 9.15. The number of nitrogens with one attached hydrogen (secondary N) is 2. The molecule has 1 amide bonds. The third-order valence-corrected chi connectivity index (χ3v) is 3.29. The fourth-order valence-corrected chi connectivity index (χ4v) is 2.26. The molecule has 0 spiro atoms. The number of imidazole rings is 1. The van der Waals surface area contributed by atoms with Crippen LogP contribution in [0.5, 0.6) is 0 Å². The molecule has 0 aliphatic heterocycles. The molecule has 0 radical (unpaired) electrons. The van der Waals surface area contributed by atoms with Gasteiger partial charge in [0.1, 0.15) is 5.82 Å². The van der Waals surface area contributed by atoms with Gasteiger partial charge in [0.05, 0.1) is 0 Å². The monoisotopic (exact) mass is 266 g/mol. The van der Waals surface area contributed by atoms with Gasteiger partial charge >= 0.3 is 0 Å². The lowest BCUT2D eigenvalue weighted by molar-refractivity contribution is -0.121. The summed E-state index contributed by atoms with van der Waals surface area (Å²) in [6, 6.07) is 0. The van der Waals surface area contributed by atoms with Gasteiger partial charge < -0.3 is 16.0 Å². The SMILES string of the molecule is CCCC(CCN)CCC(=O)NCCc1ncc[nH]1. The molecule has 1 aromatic heterocycles. The summed E-state index contributed by atoms with van der Waals surface area (Å²) in [5.41, 5.74) is 5.59. The van der Waals surface area contributed by atoms with Gasteiger partial charge in [0.15, 0.2) is 0 Å². The van der Waals surface area contributed by atoms with Crippen molar-refractivity contribution in [3.05, 3.63) is 18.2 Å². The number of carbonyl (C=O) groups is 1. The van der Waals surface area contributed by atoms with E-state index in [1.54, 1.807) is 12.4 Å². The number of amides is 1. The molecule has 19 heavy (non-hydrogen) atoms. The van der Waals surface area contributed by atoms with Crippen LogP contribution in [0.25, 0.3) is 0 Å². The molecule has 0 aliphatic rings. The van der Waals surface area contributed by atoms with Crippen LogP contribution in [0.1, 0.15) is 44.9 Å². The number of rotatable bonds is 10. The van der Waals surface area contributed by atoms with Gasteiger partial charge in [0, 0.05) is 31.8 Å². The van der Waals surface area contributed by atoms with E-state index >= 15 is 0 Å². The van der Waals surface area contributed by atoms with Gasteiger partial charge in [-0.15, -0.1) is 0 Å². The summed E-state index contributed by atoms with van der Waals surface area (Å²) in [7, 11) is 0. The maximum absolute atomic E-state index is 11.7. The second kappa shape index (κ2) is 9.55. The lowest BCUT2D eigenvalue weighted by atomic mass is 9.94. The van der Waals surface area contributed by atoms with Crippen LogP contribution in [0.15, 0.2) is 12.4 Å². The van der Waals surface area contributed by atoms with Crippen molar-refractivity contribution in [2.75, 3.05) is 13.1 Å². The summed E-state index contributed by atoms with van der Waals surface area (Å²) < 4.78 is 0. The minimum Gasteiger partial charge on any atom is -0.356 e. The second-order valence-corrected chi connectivity index (χ2v) is 4.91. The zero-order valence-electron chi connectivity index (χ0n) is 11.8. The number of hydrogen-bond donors (Lipinski definition) is 3. The Hall–Kier alpha value is -1.36. The van der Waals surface area contributed by atoms with E-state index in [-0.39, 0.29) is 5.91 Å². The predicted molar refractivity (Wildman–Crippen MR) is 76.6 cm³/mol. The Morgan fingerprint density at radius 2 is 2.32 bits per heavy atom. The van der Waals surface area contributed by atoms with Gasteiger partial charge in [-0.25, -0.2) is 4.98 Å². The lowest BCUT2D eigenvalue weighted by Crippen LogP contribution is -2.26. The zero-order valence-corrected chi connectivity index (χ0v) is 11.8. The molecule has 1 heterocycles. The van der Waals surface area contributed by atoms with Crippen molar-refractivity contribution in [1.82, 2.24) is 15.3 Å². The topological polar surface area (TPSA) is 83.8 Å². The molecular weight excluding hydrogens is 240 g/mol. The standard InChI is InChI=1S/C14H26N4O/c1-2-3-12(6-8-15)4-5-14(19)18-9-7-13-16-10-11-17-13/h10-12H,2-9,15H2,1H3,(H,16,17)(H,18,19). The number of hydrogen-bond acceptors (Lipinski definition) is 3. The zero-order chi connectivity index (χ0) is 13.9. The molecular formula is C14H26N4O. The molecule has 0 fully saturated rings. The highest BCUT2D eigenvalue weighted by Gasteiger charge is 2.09. The van der Waals surface area contributed by atoms with Crippen molar-refractivity contribution in [3.8, 4) is 0 Å². The van der Waals surface area contributed by atoms with Gasteiger partial charge in [-0.3, -0.25) is 4.79 Å². The van der Waals surface area contributed by atoms with Crippen molar-refractivity contribution >= 4 is 5.91 Å². The molecule has 1 unspecified atom stereocenters. The van der Waals surface area contributed by atoms with Crippen molar-refractivity contribution < 1.29 is 4.79 Å². The van der Waals surface area contributed by atoms with Gasteiger partial charge in [0.2, 0.25) is 5.91 Å². The third kappa shape index (κ3) is 6.96. The number of nitrogens with zero attached hydrogens (tertiary/aromatic N) is 1. The molecule has 4 N–H and O–H groups in total. The van der Waals surface area contributed by atoms with Gasteiger partial charge in [-0.05, 0) is 25.3 Å². The second-order valence-electron chi connectivity index (χ2n) is 4.91. The summed E-state index contributed by atoms with van der Waals surface area (Å²) in [5.74, 6) is 1.63. The van der Waals surface area contributed by atoms with Crippen LogP contribution < -0.4 is 11.1 Å². The average Bonchev–Trinajstić information content (AvgIpc) is 2.90. The summed E-state index contributed by atoms with van der Waals surface area (Å²) in [5, 5.41) is 2.93. The predicted octanol–water partition coefficient (Wildman–Crippen LogP) is 1.61. The van der Waals surface area contributed by atoms with E-state index in [4.69, 9.17) is 5.73 Å². The molecule has 0 saturated heterocycles. The van der Waals surface area contributed by atoms with Crippen LogP contribution >= 0.6 is 0 Å². The van der Waals surface area contributed by atoms with E-state index in [2.05, 4.69) is 22.2 Å². The first kappa shape index (κ1) is 15.7. The van der Waals surface area contributed by atoms with Crippen molar-refractivity contribution in [2.24, 2.45) is 11.7 Å². The van der Waals surface area contributed by atoms with E-state index in [0.29, 0.717) is 25.4 Å². The number of aromatic amines is 1. The quantitative estimate of drug-likeness (QED) is 0.601. The summed E-state index contributed by atoms with van der Waals surface area (Å²) >= 11 is 0. The Morgan fingerprint density at radius 3 is 2.95 bits per heavy atom. The van der Waals surface area contributed by atoms with Crippen LogP contribution in [-0.2, 0) is 11.2 Å². The first-order chi connectivity index (χ1) is 9.26. The number of carbonyl (C=O) groups excluding carboxylic acids is 1. The highest BCUT2D eigenvalue weighted by atomic mass is 16.1. The van der Waals surface area contributed by atoms with Crippen LogP contribution in [-0.4, -0.2) is 29.0 Å². The molecule has 0 aliphatic carbocycles. The van der Waals surface area contributed by atoms with Gasteiger partial charge in [-0.1, -0.05) is 19.8 Å². The summed E-state index contributed by atoms with van der Waals surface area (Å²) in [6.45, 7) is 3.53. The number of aromatic nitrogens is 2. The fourth-order valence-electron chi connectivity index (χ4n) is 2.26. The highest BCUT2D eigenvalue weighted by molar-refractivity contribution is 5.75. The normalized spacial score (nSPS) is 12.3. The molecule has 5 heteroatoms. The van der Waals surface area contributed by atoms with E-state index < -0.39 is 0 Å². The fraction of sp³-hybridized carbons (Fsp3) is 0.714. The lowest BCUT2D eigenvalue weighted by Gasteiger charge is -2.14. The first-order valence-corrected chi connectivity index (χ1v) is 7.21. The average molecular weight is 266 g/mol. The highest BCUT2D eigenvalue weighted by Crippen LogP contribution is 2.16. The largest absolute Gasteiger partial charge is 0.356 e. The Bertz CT molecular complexity index is 331. The molecule has 0 saturated carbocycles. The summed E-state index contributed by atoms with van der Waals surface area (Å²) in [4.78, 5) is 18.8. The van der Waals surface area contributed by atoms with Crippen LogP contribution in [0, 0.1) is 5.92 Å². The maximum atomic E-state index is 11.7. The molecule has 0 aromatic carbocycles. The smallest absolute Gasteiger partial charge is 0.220 e. The molecule has 0 bridgehead atoms. The third-order valence-electron chi connectivity index (χ3n) is 3.29. The van der Waals surface area contributed by atoms with Gasteiger partial charge in [0.25, 0.3) is 0 Å². The van der Waals surface area contributed by atoms with E-state index in [0.717, 1.165) is 37.9 Å². The van der Waals surface area contributed by atoms with E-state index in [9.17, 15) is 4.79 Å². The Kier molecular flexibility index (Phi) is 7.89. The maximum Gasteiger partial charge on any atom is 0.220 e. The molecule has 108 valence electrons. The van der Waals surface area contributed by atoms with Crippen LogP contribution in [0.4, 0.5) is 0 Å². The van der Waals surface area contributed by atoms with Crippen molar-refractivity contribution in [2.45, 2.75) is 45.4 Å². The minimum atomic E-state index is 0.129. The molecule has 1 rings (SSSR count). The van der Waals surface area contributed by atoms with Gasteiger partial charge in [-0.2, -0.15) is 0 Å². The van der Waals surface area contributed by atoms with Crippen molar-refractivity contribution in [3.63, 3.8) is 0 Å². The Morgan fingerprint density at radius 1 is 1.47 bits per heavy atom. The Balaban J connectivity index is 2.12.